The molecule has 0 aromatic heterocycles. The van der Waals surface area contributed by atoms with E-state index in [1.165, 1.54) is 13.0 Å². The Balaban J connectivity index is 2.57. The van der Waals surface area contributed by atoms with E-state index in [2.05, 4.69) is 45.0 Å². The normalized spacial score (nSPS) is 30.9. The molecule has 0 aliphatic carbocycles. The molecular weight excluding hydrogens is 146 g/mol. The van der Waals surface area contributed by atoms with Gasteiger partial charge in [0.15, 0.2) is 0 Å². The maximum Gasteiger partial charge on any atom is 0.0200 e. The molecule has 0 aromatic rings. The Morgan fingerprint density at radius 1 is 1.42 bits per heavy atom. The lowest BCUT2D eigenvalue weighted by atomic mass is 9.87. The summed E-state index contributed by atoms with van der Waals surface area (Å²) in [6.07, 6.45) is 5.90. The molecule has 0 spiro atoms. The minimum atomic E-state index is 0.752. The van der Waals surface area contributed by atoms with Gasteiger partial charge in [0.1, 0.15) is 0 Å². The third-order valence-corrected chi connectivity index (χ3v) is 2.81. The Labute approximate surface area is 76.5 Å². The van der Waals surface area contributed by atoms with Crippen LogP contribution in [-0.2, 0) is 0 Å². The highest BCUT2D eigenvalue weighted by molar-refractivity contribution is 4.91. The van der Waals surface area contributed by atoms with Crippen molar-refractivity contribution in [2.75, 3.05) is 13.6 Å². The summed E-state index contributed by atoms with van der Waals surface area (Å²) < 4.78 is 0. The van der Waals surface area contributed by atoms with Crippen molar-refractivity contribution in [2.45, 2.75) is 27.2 Å². The molecule has 0 N–H and O–H groups in total. The van der Waals surface area contributed by atoms with Gasteiger partial charge in [-0.1, -0.05) is 26.8 Å². The average Bonchev–Trinajstić information content (AvgIpc) is 2.13. The molecule has 1 rings (SSSR count). The van der Waals surface area contributed by atoms with E-state index in [9.17, 15) is 0 Å². The molecule has 0 saturated carbocycles. The van der Waals surface area contributed by atoms with Crippen molar-refractivity contribution < 1.29 is 0 Å². The van der Waals surface area contributed by atoms with Gasteiger partial charge in [0.2, 0.25) is 0 Å². The van der Waals surface area contributed by atoms with Crippen LogP contribution in [0, 0.1) is 17.8 Å². The lowest BCUT2D eigenvalue weighted by Gasteiger charge is -2.24. The summed E-state index contributed by atoms with van der Waals surface area (Å²) in [5.41, 5.74) is 0. The number of nitrogens with zero attached hydrogens (tertiary/aromatic N) is 1. The van der Waals surface area contributed by atoms with Crippen LogP contribution in [0.15, 0.2) is 12.3 Å². The standard InChI is InChI=1S/C11H21N/c1-9(2)11-7-10(3)5-6-12(4)8-11/h5-6,9-11H,7-8H2,1-4H3. The Morgan fingerprint density at radius 3 is 2.67 bits per heavy atom. The second-order valence-corrected chi connectivity index (χ2v) is 4.50. The topological polar surface area (TPSA) is 3.24 Å². The summed E-state index contributed by atoms with van der Waals surface area (Å²) in [5, 5.41) is 0. The summed E-state index contributed by atoms with van der Waals surface area (Å²) in [5.74, 6) is 2.43. The van der Waals surface area contributed by atoms with Crippen molar-refractivity contribution >= 4 is 0 Å². The molecule has 0 radical (unpaired) electrons. The minimum Gasteiger partial charge on any atom is -0.380 e. The van der Waals surface area contributed by atoms with E-state index in [1.807, 2.05) is 0 Å². The van der Waals surface area contributed by atoms with Gasteiger partial charge >= 0.3 is 0 Å². The van der Waals surface area contributed by atoms with Crippen molar-refractivity contribution in [1.29, 1.82) is 0 Å². The molecule has 2 unspecified atom stereocenters. The molecule has 0 fully saturated rings. The number of hydrogen-bond donors (Lipinski definition) is 0. The van der Waals surface area contributed by atoms with Crippen molar-refractivity contribution in [3.05, 3.63) is 12.3 Å². The monoisotopic (exact) mass is 167 g/mol. The molecule has 1 heteroatoms. The molecule has 0 amide bonds. The van der Waals surface area contributed by atoms with Gasteiger partial charge in [0.25, 0.3) is 0 Å². The average molecular weight is 167 g/mol. The highest BCUT2D eigenvalue weighted by Crippen LogP contribution is 2.24. The zero-order valence-electron chi connectivity index (χ0n) is 8.75. The Hall–Kier alpha value is -0.460. The van der Waals surface area contributed by atoms with Crippen LogP contribution in [0.5, 0.6) is 0 Å². The fourth-order valence-electron chi connectivity index (χ4n) is 1.84. The molecule has 0 aromatic carbocycles. The van der Waals surface area contributed by atoms with E-state index >= 15 is 0 Å². The first-order valence-corrected chi connectivity index (χ1v) is 4.98. The molecule has 12 heavy (non-hydrogen) atoms. The predicted octanol–water partition coefficient (Wildman–Crippen LogP) is 2.74. The third kappa shape index (κ3) is 2.54. The van der Waals surface area contributed by atoms with Crippen LogP contribution in [-0.4, -0.2) is 18.5 Å². The molecule has 1 aliphatic heterocycles. The first-order valence-electron chi connectivity index (χ1n) is 4.98. The smallest absolute Gasteiger partial charge is 0.0200 e. The predicted molar refractivity (Wildman–Crippen MR) is 53.9 cm³/mol. The Kier molecular flexibility index (Phi) is 3.19. The SMILES string of the molecule is CC1C=CN(C)CC(C(C)C)C1. The van der Waals surface area contributed by atoms with Crippen molar-refractivity contribution in [3.8, 4) is 0 Å². The van der Waals surface area contributed by atoms with Crippen LogP contribution >= 0.6 is 0 Å². The van der Waals surface area contributed by atoms with E-state index < -0.39 is 0 Å². The molecule has 1 aliphatic rings. The Morgan fingerprint density at radius 2 is 2.08 bits per heavy atom. The van der Waals surface area contributed by atoms with E-state index in [4.69, 9.17) is 0 Å². The van der Waals surface area contributed by atoms with E-state index in [-0.39, 0.29) is 0 Å². The Bertz CT molecular complexity index is 146. The summed E-state index contributed by atoms with van der Waals surface area (Å²) in [6, 6.07) is 0. The van der Waals surface area contributed by atoms with Crippen LogP contribution in [0.2, 0.25) is 0 Å². The van der Waals surface area contributed by atoms with Crippen molar-refractivity contribution in [3.63, 3.8) is 0 Å². The number of allylic oxidation sites excluding steroid dienone is 1. The molecular formula is C11H21N. The van der Waals surface area contributed by atoms with Gasteiger partial charge in [-0.2, -0.15) is 0 Å². The van der Waals surface area contributed by atoms with Gasteiger partial charge < -0.3 is 4.90 Å². The first-order chi connectivity index (χ1) is 5.59. The maximum absolute atomic E-state index is 2.33. The number of rotatable bonds is 1. The van der Waals surface area contributed by atoms with Gasteiger partial charge in [-0.25, -0.2) is 0 Å². The van der Waals surface area contributed by atoms with Crippen molar-refractivity contribution in [1.82, 2.24) is 4.90 Å². The fraction of sp³-hybridized carbons (Fsp3) is 0.818. The van der Waals surface area contributed by atoms with Gasteiger partial charge in [0.05, 0.1) is 0 Å². The molecule has 1 heterocycles. The zero-order valence-corrected chi connectivity index (χ0v) is 8.75. The van der Waals surface area contributed by atoms with Crippen LogP contribution in [0.1, 0.15) is 27.2 Å². The minimum absolute atomic E-state index is 0.752. The second-order valence-electron chi connectivity index (χ2n) is 4.50. The first kappa shape index (κ1) is 9.63. The molecule has 0 bridgehead atoms. The molecule has 0 saturated heterocycles. The van der Waals surface area contributed by atoms with E-state index in [0.717, 1.165) is 17.8 Å². The second kappa shape index (κ2) is 3.97. The number of hydrogen-bond acceptors (Lipinski definition) is 1. The summed E-state index contributed by atoms with van der Waals surface area (Å²) in [4.78, 5) is 2.31. The summed E-state index contributed by atoms with van der Waals surface area (Å²) in [7, 11) is 2.17. The summed E-state index contributed by atoms with van der Waals surface area (Å²) in [6.45, 7) is 8.19. The lowest BCUT2D eigenvalue weighted by Crippen LogP contribution is -2.23. The quantitative estimate of drug-likeness (QED) is 0.580. The van der Waals surface area contributed by atoms with Gasteiger partial charge in [-0.05, 0) is 30.4 Å². The largest absolute Gasteiger partial charge is 0.380 e. The van der Waals surface area contributed by atoms with E-state index in [0.29, 0.717) is 0 Å². The highest BCUT2D eigenvalue weighted by atomic mass is 15.1. The molecule has 1 nitrogen and oxygen atoms in total. The summed E-state index contributed by atoms with van der Waals surface area (Å²) >= 11 is 0. The highest BCUT2D eigenvalue weighted by Gasteiger charge is 2.18. The van der Waals surface area contributed by atoms with Gasteiger partial charge in [-0.3, -0.25) is 0 Å². The molecule has 2 atom stereocenters. The fourth-order valence-corrected chi connectivity index (χ4v) is 1.84. The third-order valence-electron chi connectivity index (χ3n) is 2.81. The maximum atomic E-state index is 2.33. The van der Waals surface area contributed by atoms with Crippen LogP contribution in [0.3, 0.4) is 0 Å². The van der Waals surface area contributed by atoms with Crippen LogP contribution in [0.25, 0.3) is 0 Å². The van der Waals surface area contributed by atoms with E-state index in [1.54, 1.807) is 0 Å². The molecule has 70 valence electrons. The van der Waals surface area contributed by atoms with Crippen LogP contribution < -0.4 is 0 Å². The zero-order chi connectivity index (χ0) is 9.14. The van der Waals surface area contributed by atoms with Gasteiger partial charge in [-0.15, -0.1) is 0 Å². The van der Waals surface area contributed by atoms with Crippen LogP contribution in [0.4, 0.5) is 0 Å². The van der Waals surface area contributed by atoms with Crippen molar-refractivity contribution in [2.24, 2.45) is 17.8 Å². The lowest BCUT2D eigenvalue weighted by molar-refractivity contribution is 0.270. The van der Waals surface area contributed by atoms with Gasteiger partial charge in [0, 0.05) is 13.6 Å².